The SMILES string of the molecule is CSCCCCCCCCCCCOC(=O)C(C)(C)CC(C)(Br)C(=O)OCC[N+](C)(C)CCC(=O)[O-]. The number of hydrogen-bond acceptors (Lipinski definition) is 7. The van der Waals surface area contributed by atoms with E-state index in [1.54, 1.807) is 20.8 Å². The van der Waals surface area contributed by atoms with E-state index < -0.39 is 21.7 Å². The first-order valence-electron chi connectivity index (χ1n) is 13.3. The maximum absolute atomic E-state index is 12.7. The minimum atomic E-state index is -1.09. The standard InChI is InChI=1S/C27H50BrNO6S/c1-26(2,24(32)34-19-14-12-10-8-7-9-11-13-15-21-36-6)22-27(3,28)25(33)35-20-18-29(4,5)17-16-23(30)31/h7-22H2,1-6H3. The van der Waals surface area contributed by atoms with Gasteiger partial charge < -0.3 is 23.9 Å². The molecule has 0 spiro atoms. The number of hydrogen-bond donors (Lipinski definition) is 0. The fourth-order valence-corrected chi connectivity index (χ4v) is 5.27. The molecule has 0 N–H and O–H groups in total. The quantitative estimate of drug-likeness (QED) is 0.0772. The van der Waals surface area contributed by atoms with Crippen molar-refractivity contribution in [3.8, 4) is 0 Å². The molecule has 36 heavy (non-hydrogen) atoms. The summed E-state index contributed by atoms with van der Waals surface area (Å²) in [5.74, 6) is -0.593. The molecule has 0 heterocycles. The van der Waals surface area contributed by atoms with Crippen LogP contribution in [-0.2, 0) is 23.9 Å². The lowest BCUT2D eigenvalue weighted by Crippen LogP contribution is -2.46. The van der Waals surface area contributed by atoms with E-state index >= 15 is 0 Å². The van der Waals surface area contributed by atoms with Gasteiger partial charge in [-0.1, -0.05) is 60.9 Å². The predicted octanol–water partition coefficient (Wildman–Crippen LogP) is 4.73. The number of quaternary nitrogens is 1. The van der Waals surface area contributed by atoms with Crippen LogP contribution >= 0.6 is 27.7 Å². The topological polar surface area (TPSA) is 92.7 Å². The number of carbonyl (C=O) groups excluding carboxylic acids is 3. The highest BCUT2D eigenvalue weighted by Crippen LogP contribution is 2.36. The summed E-state index contributed by atoms with van der Waals surface area (Å²) in [6.45, 7) is 6.68. The first-order valence-corrected chi connectivity index (χ1v) is 15.5. The lowest BCUT2D eigenvalue weighted by atomic mass is 9.83. The highest BCUT2D eigenvalue weighted by atomic mass is 79.9. The second-order valence-corrected chi connectivity index (χ2v) is 13.9. The van der Waals surface area contributed by atoms with E-state index in [4.69, 9.17) is 9.47 Å². The molecule has 0 bridgehead atoms. The first-order chi connectivity index (χ1) is 16.7. The van der Waals surface area contributed by atoms with Gasteiger partial charge in [0.2, 0.25) is 0 Å². The smallest absolute Gasteiger partial charge is 0.322 e. The molecule has 1 atom stereocenters. The fraction of sp³-hybridized carbons (Fsp3) is 0.889. The van der Waals surface area contributed by atoms with Crippen LogP contribution in [0.25, 0.3) is 0 Å². The Morgan fingerprint density at radius 1 is 0.806 bits per heavy atom. The van der Waals surface area contributed by atoms with Crippen molar-refractivity contribution in [2.75, 3.05) is 52.4 Å². The van der Waals surface area contributed by atoms with E-state index in [2.05, 4.69) is 22.2 Å². The highest BCUT2D eigenvalue weighted by molar-refractivity contribution is 9.10. The third-order valence-electron chi connectivity index (χ3n) is 6.33. The van der Waals surface area contributed by atoms with Gasteiger partial charge >= 0.3 is 11.9 Å². The van der Waals surface area contributed by atoms with E-state index in [1.165, 1.54) is 50.7 Å². The number of thioether (sulfide) groups is 1. The molecule has 0 fully saturated rings. The molecular formula is C27H50BrNO6S. The van der Waals surface area contributed by atoms with Gasteiger partial charge in [-0.2, -0.15) is 11.8 Å². The monoisotopic (exact) mass is 595 g/mol. The van der Waals surface area contributed by atoms with Crippen molar-refractivity contribution in [2.24, 2.45) is 5.41 Å². The molecule has 7 nitrogen and oxygen atoms in total. The molecule has 0 aromatic carbocycles. The van der Waals surface area contributed by atoms with Crippen LogP contribution in [0.15, 0.2) is 0 Å². The number of rotatable bonds is 22. The summed E-state index contributed by atoms with van der Waals surface area (Å²) in [4.78, 5) is 36.0. The highest BCUT2D eigenvalue weighted by Gasteiger charge is 2.42. The number of ether oxygens (including phenoxy) is 2. The van der Waals surface area contributed by atoms with Crippen molar-refractivity contribution >= 4 is 45.6 Å². The fourth-order valence-electron chi connectivity index (χ4n) is 3.96. The van der Waals surface area contributed by atoms with Crippen LogP contribution in [0.1, 0.15) is 91.4 Å². The summed E-state index contributed by atoms with van der Waals surface area (Å²) in [7, 11) is 3.75. The Labute approximate surface area is 232 Å². The Bertz CT molecular complexity index is 654. The zero-order chi connectivity index (χ0) is 27.7. The Morgan fingerprint density at radius 2 is 1.31 bits per heavy atom. The Morgan fingerprint density at radius 3 is 1.83 bits per heavy atom. The maximum Gasteiger partial charge on any atom is 0.322 e. The van der Waals surface area contributed by atoms with E-state index in [9.17, 15) is 19.5 Å². The normalized spacial score (nSPS) is 13.8. The summed E-state index contributed by atoms with van der Waals surface area (Å²) >= 11 is 5.37. The lowest BCUT2D eigenvalue weighted by Gasteiger charge is -2.32. The van der Waals surface area contributed by atoms with Gasteiger partial charge in [0.25, 0.3) is 0 Å². The van der Waals surface area contributed by atoms with Gasteiger partial charge in [0.15, 0.2) is 0 Å². The van der Waals surface area contributed by atoms with Crippen LogP contribution in [0, 0.1) is 5.41 Å². The maximum atomic E-state index is 12.7. The number of alkyl halides is 1. The van der Waals surface area contributed by atoms with Crippen molar-refractivity contribution in [1.82, 2.24) is 0 Å². The minimum absolute atomic E-state index is 0.0496. The first kappa shape index (κ1) is 35.2. The van der Waals surface area contributed by atoms with Gasteiger partial charge in [-0.05, 0) is 52.0 Å². The van der Waals surface area contributed by atoms with Gasteiger partial charge in [-0.25, -0.2) is 0 Å². The zero-order valence-electron chi connectivity index (χ0n) is 23.5. The average Bonchev–Trinajstić information content (AvgIpc) is 2.77. The molecule has 0 saturated heterocycles. The van der Waals surface area contributed by atoms with Gasteiger partial charge in [0.1, 0.15) is 17.5 Å². The molecule has 0 saturated carbocycles. The molecule has 212 valence electrons. The Kier molecular flexibility index (Phi) is 18.0. The average molecular weight is 597 g/mol. The Balaban J connectivity index is 4.19. The third-order valence-corrected chi connectivity index (χ3v) is 7.63. The number of likely N-dealkylation sites (N-methyl/N-ethyl adjacent to an activating group) is 1. The molecule has 0 aliphatic carbocycles. The van der Waals surface area contributed by atoms with Gasteiger partial charge in [-0.3, -0.25) is 9.59 Å². The summed E-state index contributed by atoms with van der Waals surface area (Å²) in [6.07, 6.45) is 13.2. The predicted molar refractivity (Wildman–Crippen MR) is 149 cm³/mol. The summed E-state index contributed by atoms with van der Waals surface area (Å²) < 4.78 is 10.3. The van der Waals surface area contributed by atoms with Gasteiger partial charge in [-0.15, -0.1) is 0 Å². The van der Waals surface area contributed by atoms with Crippen LogP contribution in [0.5, 0.6) is 0 Å². The van der Waals surface area contributed by atoms with Crippen molar-refractivity contribution in [1.29, 1.82) is 0 Å². The molecule has 0 aromatic rings. The largest absolute Gasteiger partial charge is 0.550 e. The number of nitrogens with zero attached hydrogens (tertiary/aromatic N) is 1. The molecule has 9 heteroatoms. The number of esters is 2. The van der Waals surface area contributed by atoms with Crippen LogP contribution in [0.3, 0.4) is 0 Å². The number of carbonyl (C=O) groups is 3. The number of carboxylic acid groups (broad SMARTS) is 1. The number of aliphatic carboxylic acids is 1. The van der Waals surface area contributed by atoms with Crippen molar-refractivity contribution in [3.05, 3.63) is 0 Å². The number of unbranched alkanes of at least 4 members (excludes halogenated alkanes) is 8. The molecule has 0 aliphatic heterocycles. The molecule has 1 unspecified atom stereocenters. The molecular weight excluding hydrogens is 546 g/mol. The molecule has 0 rings (SSSR count). The molecule has 0 radical (unpaired) electrons. The molecule has 0 amide bonds. The van der Waals surface area contributed by atoms with Gasteiger partial charge in [0, 0.05) is 12.4 Å². The van der Waals surface area contributed by atoms with Crippen LogP contribution in [-0.4, -0.2) is 79.1 Å². The zero-order valence-corrected chi connectivity index (χ0v) is 25.9. The Hall–Kier alpha value is -0.800. The van der Waals surface area contributed by atoms with E-state index in [1.807, 2.05) is 25.9 Å². The minimum Gasteiger partial charge on any atom is -0.550 e. The van der Waals surface area contributed by atoms with E-state index in [0.717, 1.165) is 12.8 Å². The van der Waals surface area contributed by atoms with Gasteiger partial charge in [0.05, 0.1) is 32.7 Å². The number of halogens is 1. The van der Waals surface area contributed by atoms with Crippen molar-refractivity contribution in [2.45, 2.75) is 95.7 Å². The molecule has 0 aliphatic rings. The van der Waals surface area contributed by atoms with Crippen molar-refractivity contribution in [3.63, 3.8) is 0 Å². The molecule has 0 aromatic heterocycles. The summed E-state index contributed by atoms with van der Waals surface area (Å²) in [5.41, 5.74) is -0.850. The van der Waals surface area contributed by atoms with Crippen LogP contribution in [0.2, 0.25) is 0 Å². The van der Waals surface area contributed by atoms with Crippen LogP contribution in [0.4, 0.5) is 0 Å². The number of carboxylic acids is 1. The van der Waals surface area contributed by atoms with Crippen molar-refractivity contribution < 1.29 is 33.4 Å². The second-order valence-electron chi connectivity index (χ2n) is 11.2. The summed E-state index contributed by atoms with van der Waals surface area (Å²) in [6, 6.07) is 0. The summed E-state index contributed by atoms with van der Waals surface area (Å²) in [5, 5.41) is 10.7. The van der Waals surface area contributed by atoms with E-state index in [0.29, 0.717) is 24.2 Å². The third kappa shape index (κ3) is 17.6. The lowest BCUT2D eigenvalue weighted by molar-refractivity contribution is -0.890. The second kappa shape index (κ2) is 18.5. The van der Waals surface area contributed by atoms with E-state index in [-0.39, 0.29) is 25.4 Å². The van der Waals surface area contributed by atoms with Crippen LogP contribution < -0.4 is 5.11 Å².